The van der Waals surface area contributed by atoms with E-state index < -0.39 is 23.7 Å². The first-order valence-corrected chi connectivity index (χ1v) is 6.12. The molecule has 0 heterocycles. The minimum Gasteiger partial charge on any atom is -0.466 e. The molecular formula is C13H15F3O4. The lowest BCUT2D eigenvalue weighted by Crippen LogP contribution is -2.44. The normalized spacial score (nSPS) is 22.1. The van der Waals surface area contributed by atoms with Gasteiger partial charge in [-0.2, -0.15) is 0 Å². The molecule has 0 spiro atoms. The SMILES string of the molecule is CCOC(=O)CCCC1(OC(F)(F)F)C=CC=CC1=O. The summed E-state index contributed by atoms with van der Waals surface area (Å²) >= 11 is 0. The number of carbonyl (C=O) groups excluding carboxylic acids is 2. The first kappa shape index (κ1) is 16.4. The van der Waals surface area contributed by atoms with E-state index in [1.165, 1.54) is 12.2 Å². The summed E-state index contributed by atoms with van der Waals surface area (Å²) in [6, 6.07) is 0. The smallest absolute Gasteiger partial charge is 0.466 e. The molecule has 0 N–H and O–H groups in total. The second-order valence-corrected chi connectivity index (χ2v) is 4.18. The summed E-state index contributed by atoms with van der Waals surface area (Å²) in [5, 5.41) is 0. The number of ketones is 1. The summed E-state index contributed by atoms with van der Waals surface area (Å²) in [6.07, 6.45) is -0.451. The molecule has 0 bridgehead atoms. The highest BCUT2D eigenvalue weighted by atomic mass is 19.4. The lowest BCUT2D eigenvalue weighted by Gasteiger charge is -2.30. The highest BCUT2D eigenvalue weighted by Gasteiger charge is 2.46. The van der Waals surface area contributed by atoms with Crippen LogP contribution in [0.2, 0.25) is 0 Å². The van der Waals surface area contributed by atoms with Crippen LogP contribution in [0.25, 0.3) is 0 Å². The number of hydrogen-bond acceptors (Lipinski definition) is 4. The minimum atomic E-state index is -4.94. The van der Waals surface area contributed by atoms with Gasteiger partial charge in [0.1, 0.15) is 0 Å². The zero-order valence-electron chi connectivity index (χ0n) is 10.9. The van der Waals surface area contributed by atoms with Gasteiger partial charge in [-0.05, 0) is 31.9 Å². The Labute approximate surface area is 114 Å². The van der Waals surface area contributed by atoms with E-state index in [1.54, 1.807) is 6.92 Å². The van der Waals surface area contributed by atoms with Crippen molar-refractivity contribution in [2.45, 2.75) is 38.1 Å². The van der Waals surface area contributed by atoms with E-state index in [0.29, 0.717) is 0 Å². The average Bonchev–Trinajstić information content (AvgIpc) is 2.31. The molecule has 0 saturated heterocycles. The standard InChI is InChI=1S/C13H15F3O4/c1-2-19-11(18)7-5-9-12(20-13(14,15)16)8-4-3-6-10(12)17/h3-4,6,8H,2,5,7,9H2,1H3. The number of hydrogen-bond donors (Lipinski definition) is 0. The van der Waals surface area contributed by atoms with Crippen molar-refractivity contribution in [3.63, 3.8) is 0 Å². The quantitative estimate of drug-likeness (QED) is 0.706. The van der Waals surface area contributed by atoms with Crippen molar-refractivity contribution in [1.29, 1.82) is 0 Å². The van der Waals surface area contributed by atoms with Crippen LogP contribution in [0.3, 0.4) is 0 Å². The van der Waals surface area contributed by atoms with Gasteiger partial charge in [0.15, 0.2) is 11.4 Å². The number of carbonyl (C=O) groups is 2. The largest absolute Gasteiger partial charge is 0.523 e. The van der Waals surface area contributed by atoms with E-state index in [0.717, 1.165) is 12.2 Å². The molecule has 1 atom stereocenters. The van der Waals surface area contributed by atoms with Crippen molar-refractivity contribution >= 4 is 11.8 Å². The lowest BCUT2D eigenvalue weighted by molar-refractivity contribution is -0.351. The van der Waals surface area contributed by atoms with Gasteiger partial charge in [0.05, 0.1) is 6.61 Å². The fraction of sp³-hybridized carbons (Fsp3) is 0.538. The summed E-state index contributed by atoms with van der Waals surface area (Å²) in [5.74, 6) is -1.31. The molecule has 1 aliphatic rings. The Balaban J connectivity index is 2.70. The van der Waals surface area contributed by atoms with E-state index in [1.807, 2.05) is 0 Å². The maximum atomic E-state index is 12.4. The van der Waals surface area contributed by atoms with Crippen LogP contribution in [0.5, 0.6) is 0 Å². The molecule has 20 heavy (non-hydrogen) atoms. The molecule has 1 unspecified atom stereocenters. The van der Waals surface area contributed by atoms with Gasteiger partial charge in [0.25, 0.3) is 0 Å². The monoisotopic (exact) mass is 292 g/mol. The van der Waals surface area contributed by atoms with Crippen molar-refractivity contribution in [3.05, 3.63) is 24.3 Å². The van der Waals surface area contributed by atoms with Gasteiger partial charge in [-0.25, -0.2) is 0 Å². The minimum absolute atomic E-state index is 0.0544. The molecule has 0 radical (unpaired) electrons. The van der Waals surface area contributed by atoms with Crippen molar-refractivity contribution in [1.82, 2.24) is 0 Å². The van der Waals surface area contributed by atoms with Gasteiger partial charge < -0.3 is 4.74 Å². The summed E-state index contributed by atoms with van der Waals surface area (Å²) < 4.78 is 46.0. The first-order chi connectivity index (χ1) is 9.29. The van der Waals surface area contributed by atoms with Crippen LogP contribution in [0, 0.1) is 0 Å². The number of allylic oxidation sites excluding steroid dienone is 2. The third-order valence-corrected chi connectivity index (χ3v) is 2.67. The van der Waals surface area contributed by atoms with Crippen LogP contribution in [0.4, 0.5) is 13.2 Å². The van der Waals surface area contributed by atoms with Crippen molar-refractivity contribution < 1.29 is 32.2 Å². The Bertz CT molecular complexity index is 426. The van der Waals surface area contributed by atoms with E-state index in [4.69, 9.17) is 0 Å². The molecule has 1 aliphatic carbocycles. The van der Waals surface area contributed by atoms with Crippen LogP contribution in [-0.4, -0.2) is 30.3 Å². The molecule has 0 aromatic rings. The van der Waals surface area contributed by atoms with E-state index >= 15 is 0 Å². The van der Waals surface area contributed by atoms with Gasteiger partial charge in [-0.15, -0.1) is 13.2 Å². The molecule has 0 aromatic carbocycles. The van der Waals surface area contributed by atoms with Gasteiger partial charge in [-0.1, -0.05) is 12.2 Å². The highest BCUT2D eigenvalue weighted by molar-refractivity contribution is 6.00. The molecule has 0 aromatic heterocycles. The predicted octanol–water partition coefficient (Wildman–Crippen LogP) is 2.69. The third kappa shape index (κ3) is 4.80. The Kier molecular flexibility index (Phi) is 5.50. The Morgan fingerprint density at radius 2 is 2.05 bits per heavy atom. The zero-order chi connectivity index (χ0) is 15.2. The van der Waals surface area contributed by atoms with Crippen LogP contribution in [-0.2, 0) is 19.1 Å². The zero-order valence-corrected chi connectivity index (χ0v) is 10.9. The van der Waals surface area contributed by atoms with Gasteiger partial charge >= 0.3 is 12.3 Å². The van der Waals surface area contributed by atoms with Gasteiger partial charge in [-0.3, -0.25) is 14.3 Å². The second kappa shape index (κ2) is 6.69. The fourth-order valence-electron chi connectivity index (χ4n) is 1.85. The Morgan fingerprint density at radius 1 is 1.35 bits per heavy atom. The summed E-state index contributed by atoms with van der Waals surface area (Å²) in [5.41, 5.74) is -2.08. The van der Waals surface area contributed by atoms with Crippen LogP contribution < -0.4 is 0 Å². The fourth-order valence-corrected chi connectivity index (χ4v) is 1.85. The Hall–Kier alpha value is -1.63. The second-order valence-electron chi connectivity index (χ2n) is 4.18. The van der Waals surface area contributed by atoms with Crippen LogP contribution in [0.1, 0.15) is 26.2 Å². The van der Waals surface area contributed by atoms with E-state index in [9.17, 15) is 22.8 Å². The third-order valence-electron chi connectivity index (χ3n) is 2.67. The van der Waals surface area contributed by atoms with Crippen LogP contribution in [0.15, 0.2) is 24.3 Å². The molecule has 0 fully saturated rings. The molecule has 0 aliphatic heterocycles. The van der Waals surface area contributed by atoms with Gasteiger partial charge in [0.2, 0.25) is 0 Å². The lowest BCUT2D eigenvalue weighted by atomic mass is 9.88. The van der Waals surface area contributed by atoms with Crippen molar-refractivity contribution in [3.8, 4) is 0 Å². The topological polar surface area (TPSA) is 52.6 Å². The van der Waals surface area contributed by atoms with Gasteiger partial charge in [0, 0.05) is 6.42 Å². The van der Waals surface area contributed by atoms with Crippen molar-refractivity contribution in [2.24, 2.45) is 0 Å². The molecule has 112 valence electrons. The van der Waals surface area contributed by atoms with E-state index in [-0.39, 0.29) is 25.9 Å². The molecule has 4 nitrogen and oxygen atoms in total. The summed E-state index contributed by atoms with van der Waals surface area (Å²) in [6.45, 7) is 1.83. The number of esters is 1. The van der Waals surface area contributed by atoms with Crippen LogP contribution >= 0.6 is 0 Å². The molecule has 7 heteroatoms. The van der Waals surface area contributed by atoms with E-state index in [2.05, 4.69) is 9.47 Å². The number of halogens is 3. The molecule has 0 saturated carbocycles. The number of ether oxygens (including phenoxy) is 2. The number of alkyl halides is 3. The predicted molar refractivity (Wildman–Crippen MR) is 63.6 cm³/mol. The highest BCUT2D eigenvalue weighted by Crippen LogP contribution is 2.33. The molecule has 0 amide bonds. The average molecular weight is 292 g/mol. The maximum Gasteiger partial charge on any atom is 0.523 e. The molecule has 1 rings (SSSR count). The summed E-state index contributed by atoms with van der Waals surface area (Å²) in [4.78, 5) is 22.9. The Morgan fingerprint density at radius 3 is 2.60 bits per heavy atom. The summed E-state index contributed by atoms with van der Waals surface area (Å²) in [7, 11) is 0. The number of rotatable bonds is 6. The molecular weight excluding hydrogens is 277 g/mol. The van der Waals surface area contributed by atoms with Crippen molar-refractivity contribution in [2.75, 3.05) is 6.61 Å². The maximum absolute atomic E-state index is 12.4. The first-order valence-electron chi connectivity index (χ1n) is 6.12.